The van der Waals surface area contributed by atoms with Crippen LogP contribution in [0.15, 0.2) is 53.6 Å². The summed E-state index contributed by atoms with van der Waals surface area (Å²) in [5.74, 6) is -1.23. The van der Waals surface area contributed by atoms with Crippen molar-refractivity contribution in [1.29, 1.82) is 0 Å². The molecule has 0 spiro atoms. The smallest absolute Gasteiger partial charge is 0.303 e. The van der Waals surface area contributed by atoms with E-state index < -0.39 is 17.7 Å². The number of amides is 1. The van der Waals surface area contributed by atoms with E-state index in [4.69, 9.17) is 9.84 Å². The number of hydrogen-bond donors (Lipinski definition) is 2. The summed E-state index contributed by atoms with van der Waals surface area (Å²) in [6, 6.07) is 12.0. The quantitative estimate of drug-likeness (QED) is 0.560. The fourth-order valence-corrected chi connectivity index (χ4v) is 2.18. The maximum atomic E-state index is 12.9. The first-order valence-corrected chi connectivity index (χ1v) is 8.07. The summed E-state index contributed by atoms with van der Waals surface area (Å²) in [6.07, 6.45) is 0.0193. The van der Waals surface area contributed by atoms with Crippen LogP contribution >= 0.6 is 0 Å². The number of carbonyl (C=O) groups is 2. The van der Waals surface area contributed by atoms with Crippen molar-refractivity contribution in [3.63, 3.8) is 0 Å². The third-order valence-corrected chi connectivity index (χ3v) is 3.47. The molecule has 7 heteroatoms. The van der Waals surface area contributed by atoms with Gasteiger partial charge in [0, 0.05) is 12.0 Å². The predicted molar refractivity (Wildman–Crippen MR) is 94.9 cm³/mol. The van der Waals surface area contributed by atoms with Gasteiger partial charge in [-0.3, -0.25) is 9.59 Å². The zero-order chi connectivity index (χ0) is 18.9. The molecule has 0 fully saturated rings. The second-order valence-electron chi connectivity index (χ2n) is 5.36. The fraction of sp³-hybridized carbons (Fsp3) is 0.211. The van der Waals surface area contributed by atoms with Crippen molar-refractivity contribution in [2.45, 2.75) is 19.8 Å². The van der Waals surface area contributed by atoms with Gasteiger partial charge >= 0.3 is 5.97 Å². The van der Waals surface area contributed by atoms with E-state index in [9.17, 15) is 14.0 Å². The number of rotatable bonds is 8. The summed E-state index contributed by atoms with van der Waals surface area (Å²) in [6.45, 7) is 2.41. The van der Waals surface area contributed by atoms with Crippen molar-refractivity contribution in [3.8, 4) is 5.75 Å². The van der Waals surface area contributed by atoms with Gasteiger partial charge in [0.2, 0.25) is 0 Å². The van der Waals surface area contributed by atoms with Crippen molar-refractivity contribution >= 4 is 17.6 Å². The molecule has 26 heavy (non-hydrogen) atoms. The Morgan fingerprint density at radius 3 is 2.23 bits per heavy atom. The van der Waals surface area contributed by atoms with Gasteiger partial charge < -0.3 is 9.84 Å². The summed E-state index contributed by atoms with van der Waals surface area (Å²) in [4.78, 5) is 23.0. The summed E-state index contributed by atoms with van der Waals surface area (Å²) < 4.78 is 18.3. The van der Waals surface area contributed by atoms with Crippen LogP contribution in [0, 0.1) is 5.82 Å². The average Bonchev–Trinajstić information content (AvgIpc) is 2.63. The van der Waals surface area contributed by atoms with Crippen molar-refractivity contribution in [3.05, 3.63) is 65.5 Å². The van der Waals surface area contributed by atoms with E-state index in [2.05, 4.69) is 10.5 Å². The van der Waals surface area contributed by atoms with E-state index in [0.717, 1.165) is 0 Å². The molecule has 0 saturated heterocycles. The molecule has 0 heterocycles. The molecule has 2 rings (SSSR count). The maximum absolute atomic E-state index is 12.9. The SMILES string of the molecule is CCOc1ccc(/C(CCC(=O)O)=N\NC(=O)c2ccc(F)cc2)cc1. The Bertz CT molecular complexity index is 786. The van der Waals surface area contributed by atoms with Crippen LogP contribution in [0.5, 0.6) is 5.75 Å². The number of halogens is 1. The highest BCUT2D eigenvalue weighted by atomic mass is 19.1. The first-order chi connectivity index (χ1) is 12.5. The Morgan fingerprint density at radius 2 is 1.65 bits per heavy atom. The van der Waals surface area contributed by atoms with Crippen LogP contribution < -0.4 is 10.2 Å². The van der Waals surface area contributed by atoms with Crippen LogP contribution in [0.3, 0.4) is 0 Å². The van der Waals surface area contributed by atoms with Gasteiger partial charge in [-0.1, -0.05) is 0 Å². The molecule has 1 amide bonds. The molecule has 0 aliphatic carbocycles. The number of hydrazone groups is 1. The number of nitrogens with one attached hydrogen (secondary N) is 1. The van der Waals surface area contributed by atoms with Crippen LogP contribution in [0.25, 0.3) is 0 Å². The first-order valence-electron chi connectivity index (χ1n) is 8.07. The molecule has 0 aliphatic rings. The molecule has 0 saturated carbocycles. The molecule has 136 valence electrons. The van der Waals surface area contributed by atoms with Crippen molar-refractivity contribution < 1.29 is 23.8 Å². The maximum Gasteiger partial charge on any atom is 0.303 e. The molecule has 0 unspecified atom stereocenters. The normalized spacial score (nSPS) is 11.1. The highest BCUT2D eigenvalue weighted by molar-refractivity contribution is 6.03. The highest BCUT2D eigenvalue weighted by Gasteiger charge is 2.10. The molecule has 2 aromatic rings. The van der Waals surface area contributed by atoms with Crippen LogP contribution in [-0.4, -0.2) is 29.3 Å². The van der Waals surface area contributed by atoms with Gasteiger partial charge in [0.1, 0.15) is 11.6 Å². The van der Waals surface area contributed by atoms with Crippen LogP contribution in [0.4, 0.5) is 4.39 Å². The lowest BCUT2D eigenvalue weighted by Crippen LogP contribution is -2.20. The molecule has 2 aromatic carbocycles. The second-order valence-corrected chi connectivity index (χ2v) is 5.36. The Morgan fingerprint density at radius 1 is 1.04 bits per heavy atom. The van der Waals surface area contributed by atoms with Crippen LogP contribution in [0.2, 0.25) is 0 Å². The first kappa shape index (κ1) is 19.1. The Balaban J connectivity index is 2.16. The molecular weight excluding hydrogens is 339 g/mol. The Labute approximate surface area is 150 Å². The number of nitrogens with zero attached hydrogens (tertiary/aromatic N) is 1. The minimum absolute atomic E-state index is 0.127. The highest BCUT2D eigenvalue weighted by Crippen LogP contribution is 2.15. The Kier molecular flexibility index (Phi) is 6.84. The molecule has 0 bridgehead atoms. The van der Waals surface area contributed by atoms with E-state index in [-0.39, 0.29) is 18.4 Å². The van der Waals surface area contributed by atoms with Gasteiger partial charge in [-0.15, -0.1) is 0 Å². The van der Waals surface area contributed by atoms with Gasteiger partial charge in [-0.05, 0) is 61.0 Å². The average molecular weight is 358 g/mol. The van der Waals surface area contributed by atoms with Crippen molar-refractivity contribution in [2.24, 2.45) is 5.10 Å². The molecule has 0 atom stereocenters. The zero-order valence-corrected chi connectivity index (χ0v) is 14.2. The summed E-state index contributed by atoms with van der Waals surface area (Å²) >= 11 is 0. The number of ether oxygens (including phenoxy) is 1. The number of carbonyl (C=O) groups excluding carboxylic acids is 1. The third kappa shape index (κ3) is 5.70. The molecule has 2 N–H and O–H groups in total. The minimum Gasteiger partial charge on any atom is -0.494 e. The lowest BCUT2D eigenvalue weighted by molar-refractivity contribution is -0.136. The van der Waals surface area contributed by atoms with Crippen molar-refractivity contribution in [2.75, 3.05) is 6.61 Å². The van der Waals surface area contributed by atoms with Gasteiger partial charge in [-0.2, -0.15) is 5.10 Å². The summed E-state index contributed by atoms with van der Waals surface area (Å²) in [7, 11) is 0. The largest absolute Gasteiger partial charge is 0.494 e. The Hall–Kier alpha value is -3.22. The summed E-state index contributed by atoms with van der Waals surface area (Å²) in [5, 5.41) is 13.0. The topological polar surface area (TPSA) is 88.0 Å². The number of carboxylic acids is 1. The van der Waals surface area contributed by atoms with E-state index in [0.29, 0.717) is 23.6 Å². The number of hydrogen-bond acceptors (Lipinski definition) is 4. The number of carboxylic acid groups (broad SMARTS) is 1. The van der Waals surface area contributed by atoms with E-state index in [1.165, 1.54) is 24.3 Å². The van der Waals surface area contributed by atoms with Gasteiger partial charge in [-0.25, -0.2) is 9.82 Å². The van der Waals surface area contributed by atoms with E-state index in [1.54, 1.807) is 24.3 Å². The molecule has 0 aromatic heterocycles. The van der Waals surface area contributed by atoms with E-state index >= 15 is 0 Å². The lowest BCUT2D eigenvalue weighted by Gasteiger charge is -2.08. The van der Waals surface area contributed by atoms with Gasteiger partial charge in [0.15, 0.2) is 0 Å². The lowest BCUT2D eigenvalue weighted by atomic mass is 10.1. The van der Waals surface area contributed by atoms with Crippen LogP contribution in [-0.2, 0) is 4.79 Å². The van der Waals surface area contributed by atoms with Gasteiger partial charge in [0.25, 0.3) is 5.91 Å². The van der Waals surface area contributed by atoms with Crippen LogP contribution in [0.1, 0.15) is 35.7 Å². The van der Waals surface area contributed by atoms with Gasteiger partial charge in [0.05, 0.1) is 18.7 Å². The molecule has 6 nitrogen and oxygen atoms in total. The molecular formula is C19H19FN2O4. The second kappa shape index (κ2) is 9.31. The number of benzene rings is 2. The number of aliphatic carboxylic acids is 1. The monoisotopic (exact) mass is 358 g/mol. The fourth-order valence-electron chi connectivity index (χ4n) is 2.18. The third-order valence-electron chi connectivity index (χ3n) is 3.47. The summed E-state index contributed by atoms with van der Waals surface area (Å²) in [5.41, 5.74) is 3.73. The zero-order valence-electron chi connectivity index (χ0n) is 14.2. The molecule has 0 aliphatic heterocycles. The van der Waals surface area contributed by atoms with Crippen molar-refractivity contribution in [1.82, 2.24) is 5.43 Å². The standard InChI is InChI=1S/C19H19FN2O4/c1-2-26-16-9-5-13(6-10-16)17(11-12-18(23)24)21-22-19(25)14-3-7-15(20)8-4-14/h3-10H,2,11-12H2,1H3,(H,22,25)(H,23,24)/b21-17-. The van der Waals surface area contributed by atoms with E-state index in [1.807, 2.05) is 6.92 Å². The molecule has 0 radical (unpaired) electrons. The predicted octanol–water partition coefficient (Wildman–Crippen LogP) is 3.22. The minimum atomic E-state index is -0.964.